The van der Waals surface area contributed by atoms with Crippen LogP contribution in [0.2, 0.25) is 0 Å². The number of rotatable bonds is 5. The molecule has 0 saturated heterocycles. The number of nitrogens with one attached hydrogen (secondary N) is 1. The molecule has 0 bridgehead atoms. The molecule has 0 radical (unpaired) electrons. The molecule has 118 valence electrons. The highest BCUT2D eigenvalue weighted by Crippen LogP contribution is 2.12. The predicted molar refractivity (Wildman–Crippen MR) is 82.4 cm³/mol. The topological polar surface area (TPSA) is 64.6 Å². The summed E-state index contributed by atoms with van der Waals surface area (Å²) in [5, 5.41) is 6.45. The fraction of sp³-hybridized carbons (Fsp3) is 0.600. The fourth-order valence-electron chi connectivity index (χ4n) is 1.60. The molecule has 1 atom stereocenters. The summed E-state index contributed by atoms with van der Waals surface area (Å²) in [7, 11) is 0. The van der Waals surface area contributed by atoms with Crippen molar-refractivity contribution in [2.24, 2.45) is 0 Å². The zero-order valence-corrected chi connectivity index (χ0v) is 14.0. The van der Waals surface area contributed by atoms with Crippen molar-refractivity contribution in [3.05, 3.63) is 22.4 Å². The van der Waals surface area contributed by atoms with Gasteiger partial charge in [-0.15, -0.1) is 0 Å². The maximum atomic E-state index is 12.1. The van der Waals surface area contributed by atoms with Gasteiger partial charge in [0.2, 0.25) is 0 Å². The van der Waals surface area contributed by atoms with Crippen LogP contribution in [0.3, 0.4) is 0 Å². The lowest BCUT2D eigenvalue weighted by Crippen LogP contribution is -2.46. The monoisotopic (exact) mass is 313 g/mol. The van der Waals surface area contributed by atoms with Crippen LogP contribution in [0.15, 0.2) is 16.8 Å². The minimum Gasteiger partial charge on any atom is -0.461 e. The van der Waals surface area contributed by atoms with E-state index in [1.54, 1.807) is 46.0 Å². The van der Waals surface area contributed by atoms with Gasteiger partial charge in [0.25, 0.3) is 0 Å². The van der Waals surface area contributed by atoms with E-state index in [0.717, 1.165) is 5.56 Å². The van der Waals surface area contributed by atoms with Crippen molar-refractivity contribution in [1.82, 2.24) is 5.32 Å². The molecule has 6 heteroatoms. The SMILES string of the molecule is CC(C)OC(=O)[C@@H](Cc1ccsc1)NC(=O)OC(C)(C)C. The van der Waals surface area contributed by atoms with Gasteiger partial charge in [-0.1, -0.05) is 0 Å². The third-order valence-corrected chi connectivity index (χ3v) is 3.08. The van der Waals surface area contributed by atoms with Gasteiger partial charge >= 0.3 is 12.1 Å². The first-order valence-electron chi connectivity index (χ1n) is 6.88. The number of esters is 1. The van der Waals surface area contributed by atoms with Crippen LogP contribution in [0, 0.1) is 0 Å². The van der Waals surface area contributed by atoms with E-state index < -0.39 is 23.7 Å². The van der Waals surface area contributed by atoms with Gasteiger partial charge in [0.05, 0.1) is 6.10 Å². The van der Waals surface area contributed by atoms with Crippen molar-refractivity contribution < 1.29 is 19.1 Å². The van der Waals surface area contributed by atoms with Crippen LogP contribution in [0.25, 0.3) is 0 Å². The Morgan fingerprint density at radius 1 is 1.33 bits per heavy atom. The Hall–Kier alpha value is -1.56. The number of alkyl carbamates (subject to hydrolysis) is 1. The van der Waals surface area contributed by atoms with E-state index in [1.807, 2.05) is 16.8 Å². The van der Waals surface area contributed by atoms with Crippen LogP contribution in [0.1, 0.15) is 40.2 Å². The molecule has 21 heavy (non-hydrogen) atoms. The predicted octanol–water partition coefficient (Wildman–Crippen LogP) is 3.14. The van der Waals surface area contributed by atoms with Gasteiger partial charge in [0.15, 0.2) is 0 Å². The second-order valence-corrected chi connectivity index (χ2v) is 6.80. The van der Waals surface area contributed by atoms with Gasteiger partial charge < -0.3 is 14.8 Å². The lowest BCUT2D eigenvalue weighted by Gasteiger charge is -2.23. The summed E-state index contributed by atoms with van der Waals surface area (Å²) < 4.78 is 10.4. The minimum absolute atomic E-state index is 0.233. The number of ether oxygens (including phenoxy) is 2. The zero-order valence-electron chi connectivity index (χ0n) is 13.1. The normalized spacial score (nSPS) is 12.9. The molecule has 1 amide bonds. The van der Waals surface area contributed by atoms with Crippen LogP contribution >= 0.6 is 11.3 Å². The number of carbonyl (C=O) groups is 2. The summed E-state index contributed by atoms with van der Waals surface area (Å²) in [6.45, 7) is 8.85. The molecule has 0 aromatic carbocycles. The third kappa shape index (κ3) is 7.13. The van der Waals surface area contributed by atoms with Crippen LogP contribution in [-0.4, -0.2) is 29.8 Å². The first-order chi connectivity index (χ1) is 9.67. The molecule has 0 saturated carbocycles. The fourth-order valence-corrected chi connectivity index (χ4v) is 2.28. The van der Waals surface area contributed by atoms with Crippen LogP contribution in [0.4, 0.5) is 4.79 Å². The van der Waals surface area contributed by atoms with Crippen molar-refractivity contribution in [2.75, 3.05) is 0 Å². The molecule has 1 aromatic rings. The molecule has 1 aromatic heterocycles. The van der Waals surface area contributed by atoms with Crippen molar-refractivity contribution in [3.8, 4) is 0 Å². The van der Waals surface area contributed by atoms with E-state index in [1.165, 1.54) is 0 Å². The Bertz CT molecular complexity index is 463. The third-order valence-electron chi connectivity index (χ3n) is 2.35. The summed E-state index contributed by atoms with van der Waals surface area (Å²) >= 11 is 1.54. The largest absolute Gasteiger partial charge is 0.461 e. The van der Waals surface area contributed by atoms with E-state index in [9.17, 15) is 9.59 Å². The van der Waals surface area contributed by atoms with E-state index in [4.69, 9.17) is 9.47 Å². The van der Waals surface area contributed by atoms with Crippen LogP contribution < -0.4 is 5.32 Å². The zero-order chi connectivity index (χ0) is 16.0. The smallest absolute Gasteiger partial charge is 0.408 e. The molecule has 1 heterocycles. The Morgan fingerprint density at radius 2 is 2.00 bits per heavy atom. The molecule has 5 nitrogen and oxygen atoms in total. The highest BCUT2D eigenvalue weighted by Gasteiger charge is 2.26. The average molecular weight is 313 g/mol. The molecular weight excluding hydrogens is 290 g/mol. The van der Waals surface area contributed by atoms with E-state index in [0.29, 0.717) is 6.42 Å². The molecule has 0 aliphatic heterocycles. The number of carbonyl (C=O) groups excluding carboxylic acids is 2. The van der Waals surface area contributed by atoms with Gasteiger partial charge in [-0.3, -0.25) is 0 Å². The van der Waals surface area contributed by atoms with E-state index in [-0.39, 0.29) is 6.10 Å². The second-order valence-electron chi connectivity index (χ2n) is 6.02. The first-order valence-corrected chi connectivity index (χ1v) is 7.83. The summed E-state index contributed by atoms with van der Waals surface area (Å²) in [6.07, 6.45) is -0.472. The lowest BCUT2D eigenvalue weighted by molar-refractivity contribution is -0.149. The number of hydrogen-bond acceptors (Lipinski definition) is 5. The summed E-state index contributed by atoms with van der Waals surface area (Å²) in [5.74, 6) is -0.456. The molecule has 1 N–H and O–H groups in total. The van der Waals surface area contributed by atoms with Crippen molar-refractivity contribution in [1.29, 1.82) is 0 Å². The summed E-state index contributed by atoms with van der Waals surface area (Å²) in [5.41, 5.74) is 0.362. The lowest BCUT2D eigenvalue weighted by atomic mass is 10.1. The Labute approximate surface area is 129 Å². The van der Waals surface area contributed by atoms with Gasteiger partial charge in [0.1, 0.15) is 11.6 Å². The van der Waals surface area contributed by atoms with E-state index >= 15 is 0 Å². The maximum absolute atomic E-state index is 12.1. The van der Waals surface area contributed by atoms with Gasteiger partial charge in [-0.2, -0.15) is 11.3 Å². The molecule has 0 unspecified atom stereocenters. The molecule has 0 spiro atoms. The first kappa shape index (κ1) is 17.5. The molecule has 1 rings (SSSR count). The van der Waals surface area contributed by atoms with E-state index in [2.05, 4.69) is 5.32 Å². The van der Waals surface area contributed by atoms with Gasteiger partial charge in [-0.25, -0.2) is 9.59 Å². The average Bonchev–Trinajstić information content (AvgIpc) is 2.77. The number of thiophene rings is 1. The quantitative estimate of drug-likeness (QED) is 0.848. The van der Waals surface area contributed by atoms with Gasteiger partial charge in [0, 0.05) is 6.42 Å². The highest BCUT2D eigenvalue weighted by molar-refractivity contribution is 7.07. The molecule has 0 fully saturated rings. The van der Waals surface area contributed by atoms with Crippen LogP contribution in [-0.2, 0) is 20.7 Å². The maximum Gasteiger partial charge on any atom is 0.408 e. The second kappa shape index (κ2) is 7.45. The summed E-state index contributed by atoms with van der Waals surface area (Å²) in [4.78, 5) is 23.9. The number of amides is 1. The van der Waals surface area contributed by atoms with Crippen molar-refractivity contribution >= 4 is 23.4 Å². The summed E-state index contributed by atoms with van der Waals surface area (Å²) in [6, 6.07) is 1.16. The minimum atomic E-state index is -0.753. The highest BCUT2D eigenvalue weighted by atomic mass is 32.1. The number of hydrogen-bond donors (Lipinski definition) is 1. The molecular formula is C15H23NO4S. The Balaban J connectivity index is 2.71. The van der Waals surface area contributed by atoms with Crippen LogP contribution in [0.5, 0.6) is 0 Å². The Kier molecular flexibility index (Phi) is 6.20. The van der Waals surface area contributed by atoms with Crippen molar-refractivity contribution in [2.45, 2.75) is 58.8 Å². The van der Waals surface area contributed by atoms with Crippen molar-refractivity contribution in [3.63, 3.8) is 0 Å². The van der Waals surface area contributed by atoms with Gasteiger partial charge in [-0.05, 0) is 57.0 Å². The molecule has 0 aliphatic rings. The molecule has 0 aliphatic carbocycles. The standard InChI is InChI=1S/C15H23NO4S/c1-10(2)19-13(17)12(8-11-6-7-21-9-11)16-14(18)20-15(3,4)5/h6-7,9-10,12H,8H2,1-5H3,(H,16,18)/t12-/m1/s1. The Morgan fingerprint density at radius 3 is 2.48 bits per heavy atom.